The Hall–Kier alpha value is -3.47. The van der Waals surface area contributed by atoms with Crippen LogP contribution in [0.5, 0.6) is 11.5 Å². The molecule has 0 spiro atoms. The molecule has 0 unspecified atom stereocenters. The highest BCUT2D eigenvalue weighted by Crippen LogP contribution is 2.27. The molecule has 0 aliphatic heterocycles. The first-order valence-corrected chi connectivity index (χ1v) is 8.56. The second-order valence-electron chi connectivity index (χ2n) is 6.09. The molecule has 0 aliphatic carbocycles. The van der Waals surface area contributed by atoms with Gasteiger partial charge in [-0.05, 0) is 43.3 Å². The van der Waals surface area contributed by atoms with Crippen LogP contribution >= 0.6 is 0 Å². The van der Waals surface area contributed by atoms with Crippen molar-refractivity contribution in [2.75, 3.05) is 24.9 Å². The largest absolute Gasteiger partial charge is 0.497 e. The number of methoxy groups -OCH3 is 2. The number of carbonyl (C=O) groups is 1. The van der Waals surface area contributed by atoms with E-state index in [1.54, 1.807) is 32.4 Å². The van der Waals surface area contributed by atoms with Crippen molar-refractivity contribution in [2.24, 2.45) is 0 Å². The zero-order valence-corrected chi connectivity index (χ0v) is 15.6. The fraction of sp³-hybridized carbons (Fsp3) is 0.136. The van der Waals surface area contributed by atoms with E-state index in [-0.39, 0.29) is 5.91 Å². The molecule has 1 amide bonds. The average molecular weight is 362 g/mol. The van der Waals surface area contributed by atoms with Crippen molar-refractivity contribution in [1.29, 1.82) is 0 Å². The molecule has 0 fully saturated rings. The summed E-state index contributed by atoms with van der Waals surface area (Å²) in [5, 5.41) is 6.29. The molecule has 0 heterocycles. The number of nitrogens with one attached hydrogen (secondary N) is 2. The molecule has 0 saturated heterocycles. The van der Waals surface area contributed by atoms with Crippen molar-refractivity contribution in [3.8, 4) is 11.5 Å². The third-order valence-electron chi connectivity index (χ3n) is 4.12. The van der Waals surface area contributed by atoms with Crippen molar-refractivity contribution in [3.63, 3.8) is 0 Å². The number of hydrogen-bond donors (Lipinski definition) is 2. The van der Waals surface area contributed by atoms with Gasteiger partial charge in [0.1, 0.15) is 11.5 Å². The van der Waals surface area contributed by atoms with Crippen LogP contribution < -0.4 is 20.1 Å². The second kappa shape index (κ2) is 8.27. The van der Waals surface area contributed by atoms with Crippen LogP contribution in [0.15, 0.2) is 66.7 Å². The van der Waals surface area contributed by atoms with Crippen LogP contribution in [0, 0.1) is 6.92 Å². The molecule has 0 atom stereocenters. The monoisotopic (exact) mass is 362 g/mol. The summed E-state index contributed by atoms with van der Waals surface area (Å²) in [7, 11) is 3.11. The highest BCUT2D eigenvalue weighted by molar-refractivity contribution is 6.06. The van der Waals surface area contributed by atoms with Gasteiger partial charge in [-0.15, -0.1) is 0 Å². The van der Waals surface area contributed by atoms with Gasteiger partial charge in [0.15, 0.2) is 0 Å². The van der Waals surface area contributed by atoms with Gasteiger partial charge in [0, 0.05) is 17.3 Å². The molecule has 0 saturated carbocycles. The summed E-state index contributed by atoms with van der Waals surface area (Å²) in [6.07, 6.45) is 0. The van der Waals surface area contributed by atoms with E-state index < -0.39 is 0 Å². The smallest absolute Gasteiger partial charge is 0.255 e. The fourth-order valence-electron chi connectivity index (χ4n) is 2.63. The molecule has 0 aromatic heterocycles. The summed E-state index contributed by atoms with van der Waals surface area (Å²) < 4.78 is 10.5. The molecule has 5 heteroatoms. The predicted octanol–water partition coefficient (Wildman–Crippen LogP) is 5.01. The van der Waals surface area contributed by atoms with Crippen molar-refractivity contribution in [3.05, 3.63) is 77.9 Å². The first-order chi connectivity index (χ1) is 13.1. The molecule has 0 aliphatic rings. The molecule has 0 bridgehead atoms. The minimum atomic E-state index is -0.245. The molecule has 3 rings (SSSR count). The van der Waals surface area contributed by atoms with Gasteiger partial charge < -0.3 is 20.1 Å². The van der Waals surface area contributed by atoms with Crippen molar-refractivity contribution >= 4 is 23.0 Å². The van der Waals surface area contributed by atoms with E-state index in [1.165, 1.54) is 5.56 Å². The highest BCUT2D eigenvalue weighted by atomic mass is 16.5. The summed E-state index contributed by atoms with van der Waals surface area (Å²) in [6, 6.07) is 20.7. The zero-order chi connectivity index (χ0) is 19.2. The zero-order valence-electron chi connectivity index (χ0n) is 15.6. The number of amides is 1. The second-order valence-corrected chi connectivity index (χ2v) is 6.09. The summed E-state index contributed by atoms with van der Waals surface area (Å²) in [4.78, 5) is 12.7. The number of aryl methyl sites for hydroxylation is 1. The Morgan fingerprint density at radius 2 is 1.41 bits per heavy atom. The third kappa shape index (κ3) is 4.58. The number of ether oxygens (including phenoxy) is 2. The number of benzene rings is 3. The molecule has 3 aromatic rings. The van der Waals surface area contributed by atoms with Gasteiger partial charge in [-0.25, -0.2) is 0 Å². The quantitative estimate of drug-likeness (QED) is 0.647. The standard InChI is InChI=1S/C22H22N2O3/c1-15-8-10-17(11-9-15)23-20-6-4-5-7-21(20)24-22(25)16-12-18(26-2)14-19(13-16)27-3/h4-14,23H,1-3H3,(H,24,25). The van der Waals surface area contributed by atoms with Crippen molar-refractivity contribution in [1.82, 2.24) is 0 Å². The van der Waals surface area contributed by atoms with Gasteiger partial charge in [-0.2, -0.15) is 0 Å². The minimum Gasteiger partial charge on any atom is -0.497 e. The Labute approximate surface area is 158 Å². The van der Waals surface area contributed by atoms with Crippen LogP contribution in [-0.4, -0.2) is 20.1 Å². The normalized spacial score (nSPS) is 10.2. The molecule has 138 valence electrons. The molecular formula is C22H22N2O3. The van der Waals surface area contributed by atoms with E-state index in [0.717, 1.165) is 11.4 Å². The van der Waals surface area contributed by atoms with Crippen LogP contribution in [0.1, 0.15) is 15.9 Å². The van der Waals surface area contributed by atoms with E-state index in [0.29, 0.717) is 22.7 Å². The number of rotatable bonds is 6. The van der Waals surface area contributed by atoms with Gasteiger partial charge in [0.2, 0.25) is 0 Å². The predicted molar refractivity (Wildman–Crippen MR) is 108 cm³/mol. The van der Waals surface area contributed by atoms with Crippen LogP contribution in [0.2, 0.25) is 0 Å². The maximum atomic E-state index is 12.7. The van der Waals surface area contributed by atoms with E-state index in [4.69, 9.17) is 9.47 Å². The van der Waals surface area contributed by atoms with E-state index in [1.807, 2.05) is 55.5 Å². The SMILES string of the molecule is COc1cc(OC)cc(C(=O)Nc2ccccc2Nc2ccc(C)cc2)c1. The van der Waals surface area contributed by atoms with E-state index in [9.17, 15) is 4.79 Å². The lowest BCUT2D eigenvalue weighted by Gasteiger charge is -2.14. The number of anilines is 3. The Morgan fingerprint density at radius 1 is 0.815 bits per heavy atom. The number of hydrogen-bond acceptors (Lipinski definition) is 4. The Morgan fingerprint density at radius 3 is 2.00 bits per heavy atom. The molecular weight excluding hydrogens is 340 g/mol. The van der Waals surface area contributed by atoms with Gasteiger partial charge in [-0.3, -0.25) is 4.79 Å². The maximum absolute atomic E-state index is 12.7. The van der Waals surface area contributed by atoms with E-state index in [2.05, 4.69) is 10.6 Å². The number of para-hydroxylation sites is 2. The lowest BCUT2D eigenvalue weighted by atomic mass is 10.1. The Kier molecular flexibility index (Phi) is 5.61. The molecule has 5 nitrogen and oxygen atoms in total. The molecule has 3 aromatic carbocycles. The van der Waals surface area contributed by atoms with Crippen molar-refractivity contribution < 1.29 is 14.3 Å². The molecule has 0 radical (unpaired) electrons. The fourth-order valence-corrected chi connectivity index (χ4v) is 2.63. The maximum Gasteiger partial charge on any atom is 0.255 e. The van der Waals surface area contributed by atoms with Gasteiger partial charge >= 0.3 is 0 Å². The van der Waals surface area contributed by atoms with Gasteiger partial charge in [0.05, 0.1) is 25.6 Å². The summed E-state index contributed by atoms with van der Waals surface area (Å²) in [5.74, 6) is 0.876. The highest BCUT2D eigenvalue weighted by Gasteiger charge is 2.12. The van der Waals surface area contributed by atoms with Gasteiger partial charge in [-0.1, -0.05) is 29.8 Å². The molecule has 27 heavy (non-hydrogen) atoms. The summed E-state index contributed by atoms with van der Waals surface area (Å²) in [5.41, 5.74) is 4.09. The van der Waals surface area contributed by atoms with E-state index >= 15 is 0 Å². The van der Waals surface area contributed by atoms with Crippen LogP contribution in [-0.2, 0) is 0 Å². The molecule has 2 N–H and O–H groups in total. The first-order valence-electron chi connectivity index (χ1n) is 8.56. The third-order valence-corrected chi connectivity index (χ3v) is 4.12. The van der Waals surface area contributed by atoms with Crippen LogP contribution in [0.25, 0.3) is 0 Å². The summed E-state index contributed by atoms with van der Waals surface area (Å²) >= 11 is 0. The summed E-state index contributed by atoms with van der Waals surface area (Å²) in [6.45, 7) is 2.04. The average Bonchev–Trinajstić information content (AvgIpc) is 2.70. The Bertz CT molecular complexity index is 914. The first kappa shape index (κ1) is 18.3. The van der Waals surface area contributed by atoms with Crippen LogP contribution in [0.4, 0.5) is 17.1 Å². The lowest BCUT2D eigenvalue weighted by molar-refractivity contribution is 0.102. The Balaban J connectivity index is 1.83. The lowest BCUT2D eigenvalue weighted by Crippen LogP contribution is -2.13. The number of carbonyl (C=O) groups excluding carboxylic acids is 1. The minimum absolute atomic E-state index is 0.245. The van der Waals surface area contributed by atoms with Crippen molar-refractivity contribution in [2.45, 2.75) is 6.92 Å². The topological polar surface area (TPSA) is 59.6 Å². The van der Waals surface area contributed by atoms with Gasteiger partial charge in [0.25, 0.3) is 5.91 Å². The van der Waals surface area contributed by atoms with Crippen LogP contribution in [0.3, 0.4) is 0 Å².